The van der Waals surface area contributed by atoms with Crippen molar-refractivity contribution in [2.45, 2.75) is 43.9 Å². The minimum atomic E-state index is 0.241. The van der Waals surface area contributed by atoms with E-state index in [0.717, 1.165) is 31.5 Å². The smallest absolute Gasteiger partial charge is 0.226 e. The van der Waals surface area contributed by atoms with Crippen molar-refractivity contribution in [2.24, 2.45) is 0 Å². The summed E-state index contributed by atoms with van der Waals surface area (Å²) in [6.45, 7) is 1.68. The van der Waals surface area contributed by atoms with Crippen LogP contribution >= 0.6 is 11.3 Å². The van der Waals surface area contributed by atoms with E-state index in [1.54, 1.807) is 11.3 Å². The number of rotatable bonds is 4. The van der Waals surface area contributed by atoms with E-state index in [-0.39, 0.29) is 5.91 Å². The summed E-state index contributed by atoms with van der Waals surface area (Å²) in [5.41, 5.74) is 1.10. The number of carbonyl (C=O) groups is 1. The molecule has 2 heterocycles. The molecule has 0 N–H and O–H groups in total. The van der Waals surface area contributed by atoms with Crippen LogP contribution < -0.4 is 0 Å². The molecule has 1 aliphatic heterocycles. The third-order valence-electron chi connectivity index (χ3n) is 4.78. The van der Waals surface area contributed by atoms with Crippen molar-refractivity contribution in [1.29, 1.82) is 0 Å². The van der Waals surface area contributed by atoms with E-state index in [9.17, 15) is 4.79 Å². The molecule has 120 valence electrons. The van der Waals surface area contributed by atoms with Gasteiger partial charge in [0.05, 0.1) is 6.42 Å². The van der Waals surface area contributed by atoms with Crippen LogP contribution in [0.4, 0.5) is 0 Å². The van der Waals surface area contributed by atoms with Gasteiger partial charge in [0, 0.05) is 24.9 Å². The Bertz CT molecular complexity index is 673. The van der Waals surface area contributed by atoms with Crippen molar-refractivity contribution in [3.63, 3.8) is 0 Å². The molecule has 5 heteroatoms. The van der Waals surface area contributed by atoms with E-state index in [0.29, 0.717) is 18.3 Å². The second kappa shape index (κ2) is 6.40. The Kier molecular flexibility index (Phi) is 4.12. The zero-order valence-corrected chi connectivity index (χ0v) is 14.0. The molecule has 1 aliphatic carbocycles. The van der Waals surface area contributed by atoms with E-state index in [1.807, 2.05) is 35.2 Å². The van der Waals surface area contributed by atoms with Gasteiger partial charge >= 0.3 is 0 Å². The van der Waals surface area contributed by atoms with Crippen molar-refractivity contribution >= 4 is 17.2 Å². The summed E-state index contributed by atoms with van der Waals surface area (Å²) in [4.78, 5) is 14.4. The third-order valence-corrected chi connectivity index (χ3v) is 6.03. The highest BCUT2D eigenvalue weighted by atomic mass is 32.1. The van der Waals surface area contributed by atoms with E-state index >= 15 is 0 Å². The highest BCUT2D eigenvalue weighted by Crippen LogP contribution is 2.43. The van der Waals surface area contributed by atoms with Crippen LogP contribution in [-0.4, -0.2) is 34.1 Å². The van der Waals surface area contributed by atoms with Gasteiger partial charge in [-0.25, -0.2) is 0 Å². The standard InChI is InChI=1S/C18H21N3OS/c22-16(12-13-4-2-1-3-5-13)21-10-8-15(9-11-21)18-20-19-17(23-18)14-6-7-14/h1-5,14-15H,6-12H2. The summed E-state index contributed by atoms with van der Waals surface area (Å²) in [6, 6.07) is 10.00. The first-order valence-electron chi connectivity index (χ1n) is 8.44. The third kappa shape index (κ3) is 3.44. The number of amides is 1. The molecule has 1 aromatic heterocycles. The number of hydrogen-bond acceptors (Lipinski definition) is 4. The molecule has 1 amide bonds. The molecule has 2 aliphatic rings. The van der Waals surface area contributed by atoms with Gasteiger partial charge in [-0.2, -0.15) is 0 Å². The van der Waals surface area contributed by atoms with Crippen LogP contribution in [0.5, 0.6) is 0 Å². The van der Waals surface area contributed by atoms with Crippen molar-refractivity contribution in [1.82, 2.24) is 15.1 Å². The maximum atomic E-state index is 12.4. The lowest BCUT2D eigenvalue weighted by Crippen LogP contribution is -2.38. The van der Waals surface area contributed by atoms with Crippen LogP contribution in [0.2, 0.25) is 0 Å². The molecule has 0 spiro atoms. The summed E-state index contributed by atoms with van der Waals surface area (Å²) in [5, 5.41) is 11.2. The molecule has 23 heavy (non-hydrogen) atoms. The van der Waals surface area contributed by atoms with Crippen LogP contribution in [0.3, 0.4) is 0 Å². The summed E-state index contributed by atoms with van der Waals surface area (Å²) in [6.07, 6.45) is 5.10. The monoisotopic (exact) mass is 327 g/mol. The number of benzene rings is 1. The highest BCUT2D eigenvalue weighted by molar-refractivity contribution is 7.11. The fraction of sp³-hybridized carbons (Fsp3) is 0.500. The minimum Gasteiger partial charge on any atom is -0.342 e. The van der Waals surface area contributed by atoms with Crippen LogP contribution in [0, 0.1) is 0 Å². The average molecular weight is 327 g/mol. The van der Waals surface area contributed by atoms with Crippen molar-refractivity contribution in [3.05, 3.63) is 45.9 Å². The van der Waals surface area contributed by atoms with Gasteiger partial charge < -0.3 is 4.90 Å². The number of likely N-dealkylation sites (tertiary alicyclic amines) is 1. The quantitative estimate of drug-likeness (QED) is 0.865. The Morgan fingerprint density at radius 2 is 1.61 bits per heavy atom. The van der Waals surface area contributed by atoms with Gasteiger partial charge in [0.2, 0.25) is 5.91 Å². The predicted octanol–water partition coefficient (Wildman–Crippen LogP) is 3.36. The van der Waals surface area contributed by atoms with Crippen molar-refractivity contribution in [3.8, 4) is 0 Å². The average Bonchev–Trinajstić information content (AvgIpc) is 3.33. The van der Waals surface area contributed by atoms with E-state index in [2.05, 4.69) is 10.2 Å². The predicted molar refractivity (Wildman–Crippen MR) is 90.6 cm³/mol. The van der Waals surface area contributed by atoms with Gasteiger partial charge in [0.25, 0.3) is 0 Å². The largest absolute Gasteiger partial charge is 0.342 e. The first-order valence-corrected chi connectivity index (χ1v) is 9.26. The van der Waals surface area contributed by atoms with Crippen LogP contribution in [0.25, 0.3) is 0 Å². The molecule has 0 atom stereocenters. The van der Waals surface area contributed by atoms with Gasteiger partial charge in [-0.3, -0.25) is 4.79 Å². The Balaban J connectivity index is 1.32. The lowest BCUT2D eigenvalue weighted by atomic mass is 9.97. The molecule has 1 saturated heterocycles. The second-order valence-corrected chi connectivity index (χ2v) is 7.61. The fourth-order valence-corrected chi connectivity index (χ4v) is 4.35. The zero-order valence-electron chi connectivity index (χ0n) is 13.1. The molecule has 4 rings (SSSR count). The van der Waals surface area contributed by atoms with Crippen LogP contribution in [-0.2, 0) is 11.2 Å². The lowest BCUT2D eigenvalue weighted by Gasteiger charge is -2.31. The van der Waals surface area contributed by atoms with Crippen LogP contribution in [0.1, 0.15) is 53.1 Å². The molecule has 0 radical (unpaired) electrons. The van der Waals surface area contributed by atoms with Crippen molar-refractivity contribution < 1.29 is 4.79 Å². The molecule has 1 saturated carbocycles. The molecule has 0 bridgehead atoms. The molecular weight excluding hydrogens is 306 g/mol. The van der Waals surface area contributed by atoms with E-state index in [1.165, 1.54) is 22.9 Å². The number of piperidine rings is 1. The first kappa shape index (κ1) is 14.8. The minimum absolute atomic E-state index is 0.241. The number of nitrogens with zero attached hydrogens (tertiary/aromatic N) is 3. The van der Waals surface area contributed by atoms with Gasteiger partial charge in [-0.1, -0.05) is 30.3 Å². The summed E-state index contributed by atoms with van der Waals surface area (Å²) in [5.74, 6) is 1.42. The fourth-order valence-electron chi connectivity index (χ4n) is 3.16. The number of carbonyl (C=O) groups excluding carboxylic acids is 1. The maximum Gasteiger partial charge on any atom is 0.226 e. The summed E-state index contributed by atoms with van der Waals surface area (Å²) < 4.78 is 0. The Labute approximate surface area is 140 Å². The SMILES string of the molecule is O=C(Cc1ccccc1)N1CCC(c2nnc(C3CC3)s2)CC1. The van der Waals surface area contributed by atoms with Gasteiger partial charge in [0.15, 0.2) is 0 Å². The molecule has 1 aromatic carbocycles. The molecule has 4 nitrogen and oxygen atoms in total. The molecule has 2 aromatic rings. The molecule has 0 unspecified atom stereocenters. The first-order chi connectivity index (χ1) is 11.3. The van der Waals surface area contributed by atoms with Crippen LogP contribution in [0.15, 0.2) is 30.3 Å². The second-order valence-electron chi connectivity index (χ2n) is 6.57. The normalized spacial score (nSPS) is 19.0. The van der Waals surface area contributed by atoms with Gasteiger partial charge in [0.1, 0.15) is 10.0 Å². The Morgan fingerprint density at radius 3 is 2.22 bits per heavy atom. The van der Waals surface area contributed by atoms with Gasteiger partial charge in [-0.15, -0.1) is 21.5 Å². The number of hydrogen-bond donors (Lipinski definition) is 0. The maximum absolute atomic E-state index is 12.4. The number of aromatic nitrogens is 2. The van der Waals surface area contributed by atoms with E-state index < -0.39 is 0 Å². The highest BCUT2D eigenvalue weighted by Gasteiger charge is 2.30. The topological polar surface area (TPSA) is 46.1 Å². The Hall–Kier alpha value is -1.75. The molecular formula is C18H21N3OS. The summed E-state index contributed by atoms with van der Waals surface area (Å²) >= 11 is 1.80. The zero-order chi connectivity index (χ0) is 15.6. The summed E-state index contributed by atoms with van der Waals surface area (Å²) in [7, 11) is 0. The molecule has 2 fully saturated rings. The lowest BCUT2D eigenvalue weighted by molar-refractivity contribution is -0.131. The Morgan fingerprint density at radius 1 is 1.00 bits per heavy atom. The van der Waals surface area contributed by atoms with Gasteiger partial charge in [-0.05, 0) is 31.2 Å². The van der Waals surface area contributed by atoms with Crippen molar-refractivity contribution in [2.75, 3.05) is 13.1 Å². The van der Waals surface area contributed by atoms with E-state index in [4.69, 9.17) is 0 Å².